The number of rotatable bonds is 3. The van der Waals surface area contributed by atoms with Gasteiger partial charge in [-0.15, -0.1) is 0 Å². The smallest absolute Gasteiger partial charge is 0.148 e. The number of nitrogens with one attached hydrogen (secondary N) is 1. The van der Waals surface area contributed by atoms with Gasteiger partial charge in [-0.1, -0.05) is 6.92 Å². The summed E-state index contributed by atoms with van der Waals surface area (Å²) >= 11 is 1.99. The number of aryl methyl sites for hydroxylation is 1. The molecule has 1 fully saturated rings. The molecule has 1 aliphatic rings. The van der Waals surface area contributed by atoms with Crippen molar-refractivity contribution < 1.29 is 0 Å². The molecule has 0 aromatic carbocycles. The predicted molar refractivity (Wildman–Crippen MR) is 78.4 cm³/mol. The molecule has 1 aromatic rings. The second-order valence-electron chi connectivity index (χ2n) is 4.68. The first-order valence-corrected chi connectivity index (χ1v) is 7.66. The van der Waals surface area contributed by atoms with Crippen LogP contribution in [0.15, 0.2) is 0 Å². The molecule has 100 valence electrons. The maximum atomic E-state index is 4.77. The second kappa shape index (κ2) is 5.89. The fraction of sp³-hybridized carbons (Fsp3) is 0.692. The van der Waals surface area contributed by atoms with Crippen molar-refractivity contribution in [3.05, 3.63) is 17.1 Å². The van der Waals surface area contributed by atoms with E-state index in [1.165, 1.54) is 11.3 Å². The van der Waals surface area contributed by atoms with Gasteiger partial charge in [0.15, 0.2) is 0 Å². The summed E-state index contributed by atoms with van der Waals surface area (Å²) < 4.78 is 0. The summed E-state index contributed by atoms with van der Waals surface area (Å²) in [5, 5.41) is 3.19. The van der Waals surface area contributed by atoms with E-state index in [1.807, 2.05) is 18.8 Å². The lowest BCUT2D eigenvalue weighted by atomic mass is 10.1. The van der Waals surface area contributed by atoms with E-state index in [-0.39, 0.29) is 0 Å². The first-order chi connectivity index (χ1) is 8.67. The summed E-state index contributed by atoms with van der Waals surface area (Å²) in [6.45, 7) is 5.36. The Labute approximate surface area is 114 Å². The third-order valence-corrected chi connectivity index (χ3v) is 4.55. The predicted octanol–water partition coefficient (Wildman–Crippen LogP) is 2.11. The molecule has 1 N–H and O–H groups in total. The third kappa shape index (κ3) is 2.62. The average molecular weight is 266 g/mol. The van der Waals surface area contributed by atoms with Gasteiger partial charge in [-0.25, -0.2) is 9.97 Å². The van der Waals surface area contributed by atoms with Crippen molar-refractivity contribution in [3.63, 3.8) is 0 Å². The summed E-state index contributed by atoms with van der Waals surface area (Å²) in [6.07, 6.45) is 0.958. The van der Waals surface area contributed by atoms with Gasteiger partial charge < -0.3 is 5.32 Å². The molecule has 0 spiro atoms. The van der Waals surface area contributed by atoms with Gasteiger partial charge in [0.1, 0.15) is 11.6 Å². The van der Waals surface area contributed by atoms with Crippen LogP contribution in [0.25, 0.3) is 0 Å². The van der Waals surface area contributed by atoms with Gasteiger partial charge in [0, 0.05) is 36.4 Å². The maximum absolute atomic E-state index is 4.77. The Bertz CT molecular complexity index is 396. The molecule has 0 amide bonds. The molecule has 18 heavy (non-hydrogen) atoms. The van der Waals surface area contributed by atoms with Gasteiger partial charge >= 0.3 is 0 Å². The number of hydrogen-bond donors (Lipinski definition) is 1. The van der Waals surface area contributed by atoms with E-state index in [0.29, 0.717) is 6.04 Å². The summed E-state index contributed by atoms with van der Waals surface area (Å²) in [6, 6.07) is 0.349. The van der Waals surface area contributed by atoms with Crippen molar-refractivity contribution in [2.45, 2.75) is 26.3 Å². The van der Waals surface area contributed by atoms with E-state index in [2.05, 4.69) is 31.1 Å². The molecule has 1 atom stereocenters. The van der Waals surface area contributed by atoms with E-state index < -0.39 is 0 Å². The molecular weight excluding hydrogens is 244 g/mol. The fourth-order valence-electron chi connectivity index (χ4n) is 2.28. The molecule has 0 saturated carbocycles. The van der Waals surface area contributed by atoms with Crippen molar-refractivity contribution in [1.29, 1.82) is 0 Å². The molecule has 2 heterocycles. The zero-order chi connectivity index (χ0) is 13.1. The Morgan fingerprint density at radius 3 is 2.83 bits per heavy atom. The van der Waals surface area contributed by atoms with Crippen LogP contribution in [0.5, 0.6) is 0 Å². The number of nitrogens with zero attached hydrogens (tertiary/aromatic N) is 3. The lowest BCUT2D eigenvalue weighted by Crippen LogP contribution is -2.34. The van der Waals surface area contributed by atoms with Gasteiger partial charge in [0.2, 0.25) is 0 Å². The van der Waals surface area contributed by atoms with Crippen LogP contribution >= 0.6 is 11.8 Å². The quantitative estimate of drug-likeness (QED) is 0.907. The maximum Gasteiger partial charge on any atom is 0.148 e. The standard InChI is InChI=1S/C13H22N4S/c1-5-10-9(2)12(14-3)16-13(15-10)11-8-18-7-6-17(11)4/h11H,5-8H2,1-4H3,(H,14,15,16). The Balaban J connectivity index is 2.37. The first kappa shape index (κ1) is 13.6. The molecule has 2 rings (SSSR count). The number of hydrogen-bond acceptors (Lipinski definition) is 5. The highest BCUT2D eigenvalue weighted by atomic mass is 32.2. The lowest BCUT2D eigenvalue weighted by Gasteiger charge is -2.31. The summed E-state index contributed by atoms with van der Waals surface area (Å²) in [7, 11) is 4.09. The molecule has 5 heteroatoms. The van der Waals surface area contributed by atoms with Crippen LogP contribution in [0.1, 0.15) is 30.0 Å². The third-order valence-electron chi connectivity index (χ3n) is 3.53. The molecule has 0 bridgehead atoms. The van der Waals surface area contributed by atoms with E-state index in [9.17, 15) is 0 Å². The van der Waals surface area contributed by atoms with Gasteiger partial charge in [0.05, 0.1) is 6.04 Å². The molecule has 1 aliphatic heterocycles. The molecule has 0 radical (unpaired) electrons. The molecule has 0 aliphatic carbocycles. The molecule has 1 unspecified atom stereocenters. The average Bonchev–Trinajstić information content (AvgIpc) is 2.40. The van der Waals surface area contributed by atoms with E-state index in [4.69, 9.17) is 9.97 Å². The van der Waals surface area contributed by atoms with Crippen molar-refractivity contribution in [3.8, 4) is 0 Å². The van der Waals surface area contributed by atoms with Crippen LogP contribution in [0.3, 0.4) is 0 Å². The minimum absolute atomic E-state index is 0.349. The van der Waals surface area contributed by atoms with Crippen LogP contribution in [0, 0.1) is 6.92 Å². The zero-order valence-electron chi connectivity index (χ0n) is 11.7. The minimum Gasteiger partial charge on any atom is -0.373 e. The normalized spacial score (nSPS) is 21.0. The number of thioether (sulfide) groups is 1. The highest BCUT2D eigenvalue weighted by molar-refractivity contribution is 7.99. The largest absolute Gasteiger partial charge is 0.373 e. The Hall–Kier alpha value is -0.810. The summed E-state index contributed by atoms with van der Waals surface area (Å²) in [5.41, 5.74) is 2.34. The fourth-order valence-corrected chi connectivity index (χ4v) is 3.49. The highest BCUT2D eigenvalue weighted by Crippen LogP contribution is 2.28. The first-order valence-electron chi connectivity index (χ1n) is 6.50. The van der Waals surface area contributed by atoms with Crippen LogP contribution in [-0.2, 0) is 6.42 Å². The van der Waals surface area contributed by atoms with Gasteiger partial charge in [-0.2, -0.15) is 11.8 Å². The Kier molecular flexibility index (Phi) is 4.45. The van der Waals surface area contributed by atoms with Crippen LogP contribution in [-0.4, -0.2) is 47.0 Å². The Morgan fingerprint density at radius 1 is 1.44 bits per heavy atom. The summed E-state index contributed by atoms with van der Waals surface area (Å²) in [5.74, 6) is 4.24. The summed E-state index contributed by atoms with van der Waals surface area (Å²) in [4.78, 5) is 11.8. The van der Waals surface area contributed by atoms with Crippen molar-refractivity contribution in [2.75, 3.05) is 37.5 Å². The van der Waals surface area contributed by atoms with Gasteiger partial charge in [-0.3, -0.25) is 4.90 Å². The van der Waals surface area contributed by atoms with Gasteiger partial charge in [-0.05, 0) is 20.4 Å². The minimum atomic E-state index is 0.349. The topological polar surface area (TPSA) is 41.1 Å². The van der Waals surface area contributed by atoms with Crippen LogP contribution in [0.2, 0.25) is 0 Å². The van der Waals surface area contributed by atoms with E-state index in [0.717, 1.165) is 36.1 Å². The highest BCUT2D eigenvalue weighted by Gasteiger charge is 2.24. The van der Waals surface area contributed by atoms with Crippen molar-refractivity contribution in [2.24, 2.45) is 0 Å². The van der Waals surface area contributed by atoms with E-state index in [1.54, 1.807) is 0 Å². The number of anilines is 1. The second-order valence-corrected chi connectivity index (χ2v) is 5.83. The van der Waals surface area contributed by atoms with Crippen LogP contribution in [0.4, 0.5) is 5.82 Å². The van der Waals surface area contributed by atoms with Crippen LogP contribution < -0.4 is 5.32 Å². The number of aromatic nitrogens is 2. The molecule has 1 saturated heterocycles. The monoisotopic (exact) mass is 266 g/mol. The molecular formula is C13H22N4S. The van der Waals surface area contributed by atoms with Crippen molar-refractivity contribution in [1.82, 2.24) is 14.9 Å². The Morgan fingerprint density at radius 2 is 2.22 bits per heavy atom. The SMILES string of the molecule is CCc1nc(C2CSCCN2C)nc(NC)c1C. The van der Waals surface area contributed by atoms with E-state index >= 15 is 0 Å². The van der Waals surface area contributed by atoms with Crippen molar-refractivity contribution >= 4 is 17.6 Å². The molecule has 1 aromatic heterocycles. The molecule has 4 nitrogen and oxygen atoms in total. The lowest BCUT2D eigenvalue weighted by molar-refractivity contribution is 0.264. The van der Waals surface area contributed by atoms with Gasteiger partial charge in [0.25, 0.3) is 0 Å². The zero-order valence-corrected chi connectivity index (χ0v) is 12.5.